The molecule has 0 saturated carbocycles. The van der Waals surface area contributed by atoms with E-state index in [0.717, 1.165) is 22.4 Å². The molecule has 0 bridgehead atoms. The Hall–Kier alpha value is -2.33. The SMILES string of the molecule is CC(=O)N[C@H]1C(=O)N(Cc2ccccc2Cl)c2c(C)cccc21. The van der Waals surface area contributed by atoms with Gasteiger partial charge in [0.05, 0.1) is 12.2 Å². The Balaban J connectivity index is 2.03. The molecule has 2 aromatic rings. The van der Waals surface area contributed by atoms with Crippen LogP contribution in [-0.2, 0) is 16.1 Å². The van der Waals surface area contributed by atoms with Gasteiger partial charge < -0.3 is 10.2 Å². The first-order chi connectivity index (χ1) is 11.0. The highest BCUT2D eigenvalue weighted by Gasteiger charge is 2.38. The van der Waals surface area contributed by atoms with E-state index in [0.29, 0.717) is 11.6 Å². The van der Waals surface area contributed by atoms with Crippen LogP contribution in [0.2, 0.25) is 5.02 Å². The molecule has 0 aliphatic carbocycles. The average Bonchev–Trinajstić information content (AvgIpc) is 2.76. The average molecular weight is 329 g/mol. The number of para-hydroxylation sites is 1. The third-order valence-corrected chi connectivity index (χ3v) is 4.37. The van der Waals surface area contributed by atoms with Gasteiger partial charge in [0, 0.05) is 17.5 Å². The summed E-state index contributed by atoms with van der Waals surface area (Å²) in [6.07, 6.45) is 0. The molecule has 4 nitrogen and oxygen atoms in total. The molecule has 2 aromatic carbocycles. The number of carbonyl (C=O) groups excluding carboxylic acids is 2. The van der Waals surface area contributed by atoms with Gasteiger partial charge in [0.2, 0.25) is 5.91 Å². The summed E-state index contributed by atoms with van der Waals surface area (Å²) in [5, 5.41) is 3.37. The molecular weight excluding hydrogens is 312 g/mol. The summed E-state index contributed by atoms with van der Waals surface area (Å²) in [7, 11) is 0. The fraction of sp³-hybridized carbons (Fsp3) is 0.222. The molecule has 118 valence electrons. The first-order valence-electron chi connectivity index (χ1n) is 7.40. The van der Waals surface area contributed by atoms with Crippen molar-refractivity contribution in [2.75, 3.05) is 4.90 Å². The number of hydrogen-bond acceptors (Lipinski definition) is 2. The number of nitrogens with one attached hydrogen (secondary N) is 1. The molecule has 1 heterocycles. The maximum atomic E-state index is 12.8. The molecular formula is C18H17ClN2O2. The van der Waals surface area contributed by atoms with Crippen LogP contribution in [0.25, 0.3) is 0 Å². The number of hydrogen-bond donors (Lipinski definition) is 1. The van der Waals surface area contributed by atoms with E-state index >= 15 is 0 Å². The van der Waals surface area contributed by atoms with Crippen molar-refractivity contribution in [1.82, 2.24) is 5.32 Å². The van der Waals surface area contributed by atoms with Crippen molar-refractivity contribution >= 4 is 29.1 Å². The van der Waals surface area contributed by atoms with E-state index in [9.17, 15) is 9.59 Å². The summed E-state index contributed by atoms with van der Waals surface area (Å²) in [6, 6.07) is 12.6. The number of benzene rings is 2. The summed E-state index contributed by atoms with van der Waals surface area (Å²) >= 11 is 6.23. The highest BCUT2D eigenvalue weighted by atomic mass is 35.5. The number of amides is 2. The van der Waals surface area contributed by atoms with Crippen LogP contribution in [0.15, 0.2) is 42.5 Å². The van der Waals surface area contributed by atoms with Gasteiger partial charge in [-0.1, -0.05) is 48.0 Å². The zero-order valence-electron chi connectivity index (χ0n) is 13.0. The van der Waals surface area contributed by atoms with Crippen molar-refractivity contribution in [3.8, 4) is 0 Å². The van der Waals surface area contributed by atoms with Gasteiger partial charge in [-0.25, -0.2) is 0 Å². The molecule has 0 saturated heterocycles. The van der Waals surface area contributed by atoms with Gasteiger partial charge in [0.15, 0.2) is 0 Å². The summed E-state index contributed by atoms with van der Waals surface area (Å²) in [4.78, 5) is 26.0. The highest BCUT2D eigenvalue weighted by molar-refractivity contribution is 6.31. The first kappa shape index (κ1) is 15.6. The molecule has 3 rings (SSSR count). The van der Waals surface area contributed by atoms with Crippen molar-refractivity contribution in [1.29, 1.82) is 0 Å². The van der Waals surface area contributed by atoms with Crippen LogP contribution in [0.3, 0.4) is 0 Å². The Bertz CT molecular complexity index is 788. The van der Waals surface area contributed by atoms with Crippen LogP contribution in [0, 0.1) is 6.92 Å². The lowest BCUT2D eigenvalue weighted by Crippen LogP contribution is -2.36. The molecule has 0 fully saturated rings. The second kappa shape index (κ2) is 6.05. The number of carbonyl (C=O) groups is 2. The molecule has 0 radical (unpaired) electrons. The zero-order valence-corrected chi connectivity index (χ0v) is 13.7. The quantitative estimate of drug-likeness (QED) is 0.939. The minimum Gasteiger partial charge on any atom is -0.341 e. The van der Waals surface area contributed by atoms with Gasteiger partial charge >= 0.3 is 0 Å². The number of anilines is 1. The topological polar surface area (TPSA) is 49.4 Å². The van der Waals surface area contributed by atoms with Crippen molar-refractivity contribution in [2.24, 2.45) is 0 Å². The van der Waals surface area contributed by atoms with Gasteiger partial charge in [-0.2, -0.15) is 0 Å². The molecule has 23 heavy (non-hydrogen) atoms. The minimum absolute atomic E-state index is 0.135. The third kappa shape index (κ3) is 2.82. The molecule has 1 aliphatic rings. The summed E-state index contributed by atoms with van der Waals surface area (Å²) in [5.41, 5.74) is 3.56. The third-order valence-electron chi connectivity index (χ3n) is 4.00. The Labute approximate surface area is 140 Å². The fourth-order valence-electron chi connectivity index (χ4n) is 2.98. The smallest absolute Gasteiger partial charge is 0.254 e. The Morgan fingerprint density at radius 2 is 1.96 bits per heavy atom. The number of aryl methyl sites for hydroxylation is 1. The molecule has 0 spiro atoms. The van der Waals surface area contributed by atoms with Gasteiger partial charge in [-0.3, -0.25) is 9.59 Å². The van der Waals surface area contributed by atoms with Crippen molar-refractivity contribution in [3.05, 3.63) is 64.2 Å². The van der Waals surface area contributed by atoms with Gasteiger partial charge in [-0.05, 0) is 24.1 Å². The maximum absolute atomic E-state index is 12.8. The predicted octanol–water partition coefficient (Wildman–Crippen LogP) is 3.37. The standard InChI is InChI=1S/C18H17ClN2O2/c1-11-6-5-8-14-16(20-12(2)22)18(23)21(17(11)14)10-13-7-3-4-9-15(13)19/h3-9,16H,10H2,1-2H3,(H,20,22)/t16-/m1/s1. The number of halogens is 1. The van der Waals surface area contributed by atoms with Crippen LogP contribution in [-0.4, -0.2) is 11.8 Å². The molecule has 1 atom stereocenters. The van der Waals surface area contributed by atoms with Crippen LogP contribution in [0.4, 0.5) is 5.69 Å². The zero-order chi connectivity index (χ0) is 16.6. The largest absolute Gasteiger partial charge is 0.341 e. The second-order valence-corrected chi connectivity index (χ2v) is 6.07. The Morgan fingerprint density at radius 3 is 2.65 bits per heavy atom. The van der Waals surface area contributed by atoms with Crippen LogP contribution >= 0.6 is 11.6 Å². The number of nitrogens with zero attached hydrogens (tertiary/aromatic N) is 1. The first-order valence-corrected chi connectivity index (χ1v) is 7.78. The summed E-state index contributed by atoms with van der Waals surface area (Å²) in [6.45, 7) is 3.76. The predicted molar refractivity (Wildman–Crippen MR) is 90.4 cm³/mol. The minimum atomic E-state index is -0.634. The summed E-state index contributed by atoms with van der Waals surface area (Å²) < 4.78 is 0. The monoisotopic (exact) mass is 328 g/mol. The van der Waals surface area contributed by atoms with E-state index in [1.54, 1.807) is 4.90 Å². The van der Waals surface area contributed by atoms with Crippen LogP contribution in [0.1, 0.15) is 29.7 Å². The van der Waals surface area contributed by atoms with Crippen LogP contribution < -0.4 is 10.2 Å². The normalized spacial score (nSPS) is 16.4. The fourth-order valence-corrected chi connectivity index (χ4v) is 3.17. The number of fused-ring (bicyclic) bond motifs is 1. The lowest BCUT2D eigenvalue weighted by molar-refractivity contribution is -0.126. The van der Waals surface area contributed by atoms with Gasteiger partial charge in [0.25, 0.3) is 5.91 Å². The molecule has 2 amide bonds. The second-order valence-electron chi connectivity index (χ2n) is 5.66. The van der Waals surface area contributed by atoms with Crippen molar-refractivity contribution in [3.63, 3.8) is 0 Å². The van der Waals surface area contributed by atoms with E-state index in [1.807, 2.05) is 49.4 Å². The van der Waals surface area contributed by atoms with E-state index < -0.39 is 6.04 Å². The molecule has 5 heteroatoms. The highest BCUT2D eigenvalue weighted by Crippen LogP contribution is 2.39. The van der Waals surface area contributed by atoms with Gasteiger partial charge in [0.1, 0.15) is 6.04 Å². The molecule has 0 aromatic heterocycles. The van der Waals surface area contributed by atoms with E-state index in [1.165, 1.54) is 6.92 Å². The molecule has 1 N–H and O–H groups in total. The van der Waals surface area contributed by atoms with Gasteiger partial charge in [-0.15, -0.1) is 0 Å². The summed E-state index contributed by atoms with van der Waals surface area (Å²) in [5.74, 6) is -0.361. The lowest BCUT2D eigenvalue weighted by atomic mass is 10.1. The molecule has 1 aliphatic heterocycles. The van der Waals surface area contributed by atoms with E-state index in [-0.39, 0.29) is 11.8 Å². The van der Waals surface area contributed by atoms with Crippen molar-refractivity contribution < 1.29 is 9.59 Å². The Morgan fingerprint density at radius 1 is 1.22 bits per heavy atom. The lowest BCUT2D eigenvalue weighted by Gasteiger charge is -2.20. The maximum Gasteiger partial charge on any atom is 0.254 e. The van der Waals surface area contributed by atoms with E-state index in [4.69, 9.17) is 11.6 Å². The van der Waals surface area contributed by atoms with E-state index in [2.05, 4.69) is 5.32 Å². The number of rotatable bonds is 3. The Kier molecular flexibility index (Phi) is 4.09. The van der Waals surface area contributed by atoms with Crippen molar-refractivity contribution in [2.45, 2.75) is 26.4 Å². The van der Waals surface area contributed by atoms with Crippen LogP contribution in [0.5, 0.6) is 0 Å². The molecule has 0 unspecified atom stereocenters.